The van der Waals surface area contributed by atoms with Gasteiger partial charge in [-0.2, -0.15) is 0 Å². The van der Waals surface area contributed by atoms with Crippen molar-refractivity contribution in [2.24, 2.45) is 0 Å². The van der Waals surface area contributed by atoms with Crippen LogP contribution < -0.4 is 14.2 Å². The first-order valence-corrected chi connectivity index (χ1v) is 14.6. The van der Waals surface area contributed by atoms with Crippen molar-refractivity contribution in [3.05, 3.63) is 95.1 Å². The summed E-state index contributed by atoms with van der Waals surface area (Å²) < 4.78 is 16.6. The van der Waals surface area contributed by atoms with Gasteiger partial charge in [0.25, 0.3) is 5.91 Å². The zero-order chi connectivity index (χ0) is 29.0. The Hall–Kier alpha value is -3.77. The molecule has 1 unspecified atom stereocenters. The van der Waals surface area contributed by atoms with E-state index in [1.807, 2.05) is 23.1 Å². The van der Waals surface area contributed by atoms with Crippen LogP contribution in [0.3, 0.4) is 0 Å². The number of methoxy groups -OCH3 is 3. The topological polar surface area (TPSA) is 51.2 Å². The van der Waals surface area contributed by atoms with Crippen molar-refractivity contribution < 1.29 is 19.0 Å². The zero-order valence-corrected chi connectivity index (χ0v) is 25.0. The first kappa shape index (κ1) is 30.2. The molecule has 1 saturated heterocycles. The highest BCUT2D eigenvalue weighted by molar-refractivity contribution is 5.96. The van der Waals surface area contributed by atoms with Crippen LogP contribution in [0.25, 0.3) is 6.08 Å². The van der Waals surface area contributed by atoms with Crippen molar-refractivity contribution >= 4 is 12.0 Å². The number of hydrogen-bond donors (Lipinski definition) is 0. The highest BCUT2D eigenvalue weighted by atomic mass is 16.5. The average molecular weight is 557 g/mol. The average Bonchev–Trinajstić information content (AvgIpc) is 3.01. The lowest BCUT2D eigenvalue weighted by Gasteiger charge is -2.36. The van der Waals surface area contributed by atoms with Crippen LogP contribution in [0.15, 0.2) is 78.4 Å². The van der Waals surface area contributed by atoms with E-state index in [0.717, 1.165) is 37.1 Å². The Morgan fingerprint density at radius 1 is 0.927 bits per heavy atom. The van der Waals surface area contributed by atoms with Crippen LogP contribution in [0.5, 0.6) is 17.2 Å². The molecule has 1 aliphatic heterocycles. The third-order valence-corrected chi connectivity index (χ3v) is 7.79. The number of amides is 1. The second kappa shape index (κ2) is 15.3. The van der Waals surface area contributed by atoms with Crippen molar-refractivity contribution in [1.29, 1.82) is 0 Å². The Morgan fingerprint density at radius 3 is 2.22 bits per heavy atom. The Labute approximate surface area is 245 Å². The van der Waals surface area contributed by atoms with E-state index in [1.165, 1.54) is 24.8 Å². The minimum absolute atomic E-state index is 0.0513. The minimum Gasteiger partial charge on any atom is -0.493 e. The quantitative estimate of drug-likeness (QED) is 0.233. The van der Waals surface area contributed by atoms with E-state index < -0.39 is 0 Å². The van der Waals surface area contributed by atoms with Gasteiger partial charge in [0.1, 0.15) is 0 Å². The van der Waals surface area contributed by atoms with E-state index in [4.69, 9.17) is 14.2 Å². The lowest BCUT2D eigenvalue weighted by atomic mass is 9.95. The smallest absolute Gasteiger partial charge is 0.254 e. The fourth-order valence-corrected chi connectivity index (χ4v) is 5.76. The molecule has 0 N–H and O–H groups in total. The molecule has 0 aliphatic carbocycles. The molecule has 0 radical (unpaired) electrons. The summed E-state index contributed by atoms with van der Waals surface area (Å²) in [5.41, 5.74) is 4.16. The third kappa shape index (κ3) is 8.37. The molecule has 0 saturated carbocycles. The number of rotatable bonds is 13. The molecule has 4 rings (SSSR count). The Bertz CT molecular complexity index is 1250. The number of ether oxygens (including phenoxy) is 3. The molecular weight excluding hydrogens is 512 g/mol. The van der Waals surface area contributed by atoms with Crippen LogP contribution in [0.4, 0.5) is 0 Å². The molecule has 6 nitrogen and oxygen atoms in total. The van der Waals surface area contributed by atoms with Gasteiger partial charge in [-0.05, 0) is 62.4 Å². The number of likely N-dealkylation sites (tertiary alicyclic amines) is 1. The molecule has 1 atom stereocenters. The molecule has 41 heavy (non-hydrogen) atoms. The van der Waals surface area contributed by atoms with E-state index in [1.54, 1.807) is 33.5 Å². The number of piperidine rings is 1. The van der Waals surface area contributed by atoms with Crippen molar-refractivity contribution in [2.45, 2.75) is 45.1 Å². The summed E-state index contributed by atoms with van der Waals surface area (Å²) in [5.74, 6) is 1.38. The van der Waals surface area contributed by atoms with Gasteiger partial charge in [-0.25, -0.2) is 0 Å². The minimum atomic E-state index is -0.0513. The second-order valence-electron chi connectivity index (χ2n) is 10.8. The number of nitrogens with zero attached hydrogens (tertiary/aromatic N) is 2. The van der Waals surface area contributed by atoms with E-state index in [0.29, 0.717) is 41.9 Å². The fourth-order valence-electron chi connectivity index (χ4n) is 5.76. The molecule has 1 heterocycles. The number of carbonyl (C=O) groups excluding carboxylic acids is 1. The maximum atomic E-state index is 14.0. The lowest BCUT2D eigenvalue weighted by Crippen LogP contribution is -2.43. The van der Waals surface area contributed by atoms with E-state index >= 15 is 0 Å². The van der Waals surface area contributed by atoms with Crippen molar-refractivity contribution in [3.63, 3.8) is 0 Å². The predicted molar refractivity (Wildman–Crippen MR) is 166 cm³/mol. The summed E-state index contributed by atoms with van der Waals surface area (Å²) >= 11 is 0. The van der Waals surface area contributed by atoms with E-state index in [-0.39, 0.29) is 5.91 Å². The van der Waals surface area contributed by atoms with Crippen LogP contribution in [0.1, 0.15) is 54.1 Å². The largest absolute Gasteiger partial charge is 0.493 e. The van der Waals surface area contributed by atoms with Crippen LogP contribution in [0, 0.1) is 0 Å². The maximum absolute atomic E-state index is 14.0. The third-order valence-electron chi connectivity index (χ3n) is 7.79. The molecule has 3 aromatic rings. The van der Waals surface area contributed by atoms with E-state index in [2.05, 4.69) is 60.4 Å². The van der Waals surface area contributed by atoms with Gasteiger partial charge in [-0.3, -0.25) is 9.69 Å². The predicted octanol–water partition coefficient (Wildman–Crippen LogP) is 6.75. The van der Waals surface area contributed by atoms with Crippen LogP contribution in [0.2, 0.25) is 0 Å². The number of hydrogen-bond acceptors (Lipinski definition) is 5. The lowest BCUT2D eigenvalue weighted by molar-refractivity contribution is 0.0751. The van der Waals surface area contributed by atoms with Crippen LogP contribution in [-0.4, -0.2) is 69.3 Å². The first-order chi connectivity index (χ1) is 20.0. The SMILES string of the molecule is COc1cc(C(=O)N(CCCN2CCCCC2Cc2ccccc2)CC(C)=Cc2ccccc2)cc(OC)c1OC. The second-order valence-corrected chi connectivity index (χ2v) is 10.8. The Balaban J connectivity index is 1.51. The number of benzene rings is 3. The van der Waals surface area contributed by atoms with Gasteiger partial charge in [0, 0.05) is 31.2 Å². The molecule has 1 aliphatic rings. The van der Waals surface area contributed by atoms with Gasteiger partial charge in [0.2, 0.25) is 5.75 Å². The summed E-state index contributed by atoms with van der Waals surface area (Å²) in [6.07, 6.45) is 7.87. The van der Waals surface area contributed by atoms with Gasteiger partial charge in [-0.1, -0.05) is 78.7 Å². The van der Waals surface area contributed by atoms with Crippen molar-refractivity contribution in [2.75, 3.05) is 47.5 Å². The summed E-state index contributed by atoms with van der Waals surface area (Å²) in [7, 11) is 4.71. The summed E-state index contributed by atoms with van der Waals surface area (Å²) in [5, 5.41) is 0. The van der Waals surface area contributed by atoms with Gasteiger partial charge in [0.05, 0.1) is 21.3 Å². The summed E-state index contributed by atoms with van der Waals surface area (Å²) in [6.45, 7) is 5.37. The monoisotopic (exact) mass is 556 g/mol. The maximum Gasteiger partial charge on any atom is 0.254 e. The van der Waals surface area contributed by atoms with Crippen LogP contribution in [-0.2, 0) is 6.42 Å². The Morgan fingerprint density at radius 2 is 1.59 bits per heavy atom. The molecule has 0 bridgehead atoms. The van der Waals surface area contributed by atoms with Crippen molar-refractivity contribution in [1.82, 2.24) is 9.80 Å². The van der Waals surface area contributed by atoms with Gasteiger partial charge >= 0.3 is 0 Å². The Kier molecular flexibility index (Phi) is 11.3. The first-order valence-electron chi connectivity index (χ1n) is 14.6. The highest BCUT2D eigenvalue weighted by Gasteiger charge is 2.24. The molecule has 1 fully saturated rings. The molecule has 0 spiro atoms. The molecule has 3 aromatic carbocycles. The van der Waals surface area contributed by atoms with Gasteiger partial charge in [-0.15, -0.1) is 0 Å². The molecule has 218 valence electrons. The zero-order valence-electron chi connectivity index (χ0n) is 25.0. The van der Waals surface area contributed by atoms with Gasteiger partial charge in [0.15, 0.2) is 11.5 Å². The van der Waals surface area contributed by atoms with Crippen molar-refractivity contribution in [3.8, 4) is 17.2 Å². The fraction of sp³-hybridized carbons (Fsp3) is 0.400. The van der Waals surface area contributed by atoms with E-state index in [9.17, 15) is 4.79 Å². The summed E-state index contributed by atoms with van der Waals surface area (Å²) in [4.78, 5) is 18.6. The summed E-state index contributed by atoms with van der Waals surface area (Å²) in [6, 6.07) is 25.1. The number of carbonyl (C=O) groups is 1. The van der Waals surface area contributed by atoms with Gasteiger partial charge < -0.3 is 19.1 Å². The molecule has 6 heteroatoms. The molecular formula is C35H44N2O4. The van der Waals surface area contributed by atoms with Crippen LogP contribution >= 0.6 is 0 Å². The normalized spacial score (nSPS) is 15.8. The molecule has 1 amide bonds. The standard InChI is InChI=1S/C35H44N2O4/c1-27(22-28-14-7-5-8-15-28)26-37(35(38)30-24-32(39-2)34(41-4)33(25-30)40-3)21-13-20-36-19-12-11-18-31(36)23-29-16-9-6-10-17-29/h5-10,14-17,22,24-25,31H,11-13,18-21,23,26H2,1-4H3. The molecule has 0 aromatic heterocycles. The highest BCUT2D eigenvalue weighted by Crippen LogP contribution is 2.38.